The predicted octanol–water partition coefficient (Wildman–Crippen LogP) is 4.02. The Morgan fingerprint density at radius 2 is 1.79 bits per heavy atom. The first-order valence-corrected chi connectivity index (χ1v) is 8.34. The van der Waals surface area contributed by atoms with Crippen molar-refractivity contribution in [2.24, 2.45) is 0 Å². The van der Waals surface area contributed by atoms with Crippen molar-refractivity contribution in [3.05, 3.63) is 82.6 Å². The van der Waals surface area contributed by atoms with E-state index in [1.54, 1.807) is 6.20 Å². The predicted molar refractivity (Wildman–Crippen MR) is 97.8 cm³/mol. The summed E-state index contributed by atoms with van der Waals surface area (Å²) in [6, 6.07) is 17.1. The molecular weight excluding hydrogens is 368 g/mol. The number of hydrogen-bond acceptors (Lipinski definition) is 2. The van der Waals surface area contributed by atoms with Gasteiger partial charge in [-0.25, -0.2) is 4.79 Å². The molecule has 0 bridgehead atoms. The molecule has 6 heteroatoms. The molecule has 3 rings (SSSR count). The number of hydrogen-bond donors (Lipinski definition) is 2. The molecule has 1 heterocycles. The molecule has 24 heavy (non-hydrogen) atoms. The van der Waals surface area contributed by atoms with E-state index >= 15 is 0 Å². The van der Waals surface area contributed by atoms with Crippen molar-refractivity contribution in [1.29, 1.82) is 0 Å². The number of anilines is 1. The minimum Gasteiger partial charge on any atom is -0.334 e. The second kappa shape index (κ2) is 7.79. The average molecular weight is 385 g/mol. The number of carbonyl (C=O) groups excluding carboxylic acids is 1. The number of carbonyl (C=O) groups is 1. The topological polar surface area (TPSA) is 59.0 Å². The van der Waals surface area contributed by atoms with E-state index in [0.717, 1.165) is 21.3 Å². The fourth-order valence-electron chi connectivity index (χ4n) is 2.34. The van der Waals surface area contributed by atoms with Crippen molar-refractivity contribution in [3.8, 4) is 0 Å². The molecule has 0 atom stereocenters. The third-order valence-corrected chi connectivity index (χ3v) is 4.08. The molecular formula is C18H17BrN4O. The maximum atomic E-state index is 12.0. The molecule has 122 valence electrons. The summed E-state index contributed by atoms with van der Waals surface area (Å²) in [5.74, 6) is 0. The zero-order chi connectivity index (χ0) is 16.8. The first-order chi connectivity index (χ1) is 11.7. The van der Waals surface area contributed by atoms with Gasteiger partial charge in [-0.05, 0) is 41.5 Å². The van der Waals surface area contributed by atoms with Gasteiger partial charge in [-0.1, -0.05) is 40.2 Å². The molecule has 5 nitrogen and oxygen atoms in total. The average Bonchev–Trinajstić information content (AvgIpc) is 3.09. The van der Waals surface area contributed by atoms with Crippen LogP contribution in [0.15, 0.2) is 71.5 Å². The van der Waals surface area contributed by atoms with E-state index in [2.05, 4.69) is 31.7 Å². The molecule has 0 saturated heterocycles. The molecule has 0 unspecified atom stereocenters. The molecule has 0 saturated carbocycles. The van der Waals surface area contributed by atoms with Gasteiger partial charge in [0.05, 0.1) is 6.54 Å². The Hall–Kier alpha value is -2.60. The van der Waals surface area contributed by atoms with E-state index < -0.39 is 0 Å². The summed E-state index contributed by atoms with van der Waals surface area (Å²) in [5.41, 5.74) is 2.95. The number of halogens is 1. The van der Waals surface area contributed by atoms with Gasteiger partial charge in [-0.15, -0.1) is 0 Å². The van der Waals surface area contributed by atoms with E-state index in [-0.39, 0.29) is 6.03 Å². The minimum absolute atomic E-state index is 0.230. The lowest BCUT2D eigenvalue weighted by atomic mass is 10.1. The molecule has 0 aliphatic carbocycles. The fourth-order valence-corrected chi connectivity index (χ4v) is 2.60. The zero-order valence-electron chi connectivity index (χ0n) is 12.9. The number of nitrogens with zero attached hydrogens (tertiary/aromatic N) is 2. The molecule has 0 aliphatic rings. The van der Waals surface area contributed by atoms with Crippen LogP contribution < -0.4 is 10.6 Å². The largest absolute Gasteiger partial charge is 0.334 e. The monoisotopic (exact) mass is 384 g/mol. The molecule has 0 aliphatic heterocycles. The standard InChI is InChI=1S/C18H17BrN4O/c19-16-6-8-17(9-7-16)22-18(24)20-12-14-4-1-2-5-15(14)13-23-11-3-10-21-23/h1-11H,12-13H2,(H2,20,22,24). The fraction of sp³-hybridized carbons (Fsp3) is 0.111. The molecule has 1 aromatic heterocycles. The maximum Gasteiger partial charge on any atom is 0.319 e. The van der Waals surface area contributed by atoms with Crippen LogP contribution >= 0.6 is 15.9 Å². The van der Waals surface area contributed by atoms with Crippen LogP contribution in [0, 0.1) is 0 Å². The molecule has 0 radical (unpaired) electrons. The molecule has 2 amide bonds. The smallest absolute Gasteiger partial charge is 0.319 e. The Labute approximate surface area is 148 Å². The van der Waals surface area contributed by atoms with Gasteiger partial charge in [0.15, 0.2) is 0 Å². The van der Waals surface area contributed by atoms with Gasteiger partial charge >= 0.3 is 6.03 Å². The number of urea groups is 1. The highest BCUT2D eigenvalue weighted by molar-refractivity contribution is 9.10. The van der Waals surface area contributed by atoms with E-state index in [0.29, 0.717) is 13.1 Å². The summed E-state index contributed by atoms with van der Waals surface area (Å²) in [4.78, 5) is 12.0. The summed E-state index contributed by atoms with van der Waals surface area (Å²) in [6.45, 7) is 1.14. The SMILES string of the molecule is O=C(NCc1ccccc1Cn1cccn1)Nc1ccc(Br)cc1. The highest BCUT2D eigenvalue weighted by Crippen LogP contribution is 2.14. The van der Waals surface area contributed by atoms with Crippen LogP contribution in [0.3, 0.4) is 0 Å². The Bertz CT molecular complexity index is 800. The van der Waals surface area contributed by atoms with Gasteiger partial charge in [0, 0.05) is 29.1 Å². The Morgan fingerprint density at radius 3 is 2.50 bits per heavy atom. The van der Waals surface area contributed by atoms with Crippen LogP contribution in [0.1, 0.15) is 11.1 Å². The number of benzene rings is 2. The first-order valence-electron chi connectivity index (χ1n) is 7.55. The van der Waals surface area contributed by atoms with E-state index in [4.69, 9.17) is 0 Å². The lowest BCUT2D eigenvalue weighted by Gasteiger charge is -2.12. The zero-order valence-corrected chi connectivity index (χ0v) is 14.5. The summed E-state index contributed by atoms with van der Waals surface area (Å²) in [6.07, 6.45) is 3.68. The van der Waals surface area contributed by atoms with Crippen molar-refractivity contribution in [3.63, 3.8) is 0 Å². The van der Waals surface area contributed by atoms with Crippen LogP contribution in [0.2, 0.25) is 0 Å². The minimum atomic E-state index is -0.230. The van der Waals surface area contributed by atoms with Gasteiger partial charge < -0.3 is 10.6 Å². The summed E-state index contributed by atoms with van der Waals surface area (Å²) < 4.78 is 2.83. The van der Waals surface area contributed by atoms with E-state index in [9.17, 15) is 4.79 Å². The number of amides is 2. The van der Waals surface area contributed by atoms with Crippen LogP contribution in [0.25, 0.3) is 0 Å². The van der Waals surface area contributed by atoms with Gasteiger partial charge in [0.25, 0.3) is 0 Å². The Balaban J connectivity index is 1.60. The van der Waals surface area contributed by atoms with Crippen LogP contribution in [-0.2, 0) is 13.1 Å². The normalized spacial score (nSPS) is 10.4. The highest BCUT2D eigenvalue weighted by Gasteiger charge is 2.06. The van der Waals surface area contributed by atoms with Gasteiger partial charge in [-0.2, -0.15) is 5.10 Å². The molecule has 2 N–H and O–H groups in total. The van der Waals surface area contributed by atoms with Crippen molar-refractivity contribution < 1.29 is 4.79 Å². The summed E-state index contributed by atoms with van der Waals surface area (Å²) in [5, 5.41) is 9.93. The van der Waals surface area contributed by atoms with Gasteiger partial charge in [0.1, 0.15) is 0 Å². The van der Waals surface area contributed by atoms with Gasteiger partial charge in [-0.3, -0.25) is 4.68 Å². The Morgan fingerprint density at radius 1 is 1.04 bits per heavy atom. The molecule has 3 aromatic rings. The molecule has 0 spiro atoms. The second-order valence-corrected chi connectivity index (χ2v) is 6.20. The maximum absolute atomic E-state index is 12.0. The number of aromatic nitrogens is 2. The Kier molecular flexibility index (Phi) is 5.28. The molecule has 0 fully saturated rings. The second-order valence-electron chi connectivity index (χ2n) is 5.29. The van der Waals surface area contributed by atoms with Crippen LogP contribution in [0.5, 0.6) is 0 Å². The number of rotatable bonds is 5. The van der Waals surface area contributed by atoms with Crippen LogP contribution in [0.4, 0.5) is 10.5 Å². The lowest BCUT2D eigenvalue weighted by molar-refractivity contribution is 0.251. The lowest BCUT2D eigenvalue weighted by Crippen LogP contribution is -2.28. The summed E-state index contributed by atoms with van der Waals surface area (Å²) >= 11 is 3.37. The quantitative estimate of drug-likeness (QED) is 0.697. The van der Waals surface area contributed by atoms with Crippen molar-refractivity contribution >= 4 is 27.6 Å². The van der Waals surface area contributed by atoms with E-state index in [1.807, 2.05) is 65.5 Å². The van der Waals surface area contributed by atoms with Crippen molar-refractivity contribution in [2.75, 3.05) is 5.32 Å². The third kappa shape index (κ3) is 4.45. The first kappa shape index (κ1) is 16.3. The highest BCUT2D eigenvalue weighted by atomic mass is 79.9. The van der Waals surface area contributed by atoms with E-state index in [1.165, 1.54) is 0 Å². The van der Waals surface area contributed by atoms with Crippen LogP contribution in [-0.4, -0.2) is 15.8 Å². The van der Waals surface area contributed by atoms with Crippen molar-refractivity contribution in [1.82, 2.24) is 15.1 Å². The van der Waals surface area contributed by atoms with Crippen molar-refractivity contribution in [2.45, 2.75) is 13.1 Å². The number of nitrogens with one attached hydrogen (secondary N) is 2. The van der Waals surface area contributed by atoms with Gasteiger partial charge in [0.2, 0.25) is 0 Å². The third-order valence-electron chi connectivity index (χ3n) is 3.55. The molecule has 2 aromatic carbocycles. The summed E-state index contributed by atoms with van der Waals surface area (Å²) in [7, 11) is 0.